The van der Waals surface area contributed by atoms with Gasteiger partial charge < -0.3 is 19.4 Å². The van der Waals surface area contributed by atoms with Crippen molar-refractivity contribution in [3.8, 4) is 0 Å². The summed E-state index contributed by atoms with van der Waals surface area (Å²) in [6.45, 7) is 9.00. The van der Waals surface area contributed by atoms with Gasteiger partial charge in [0.25, 0.3) is 6.01 Å². The SMILES string of the molecule is COCC1CCCN(c2nc(CNCC(C)C)co2)C1. The second kappa shape index (κ2) is 7.64. The number of ether oxygens (including phenoxy) is 1. The second-order valence-electron chi connectivity index (χ2n) is 6.06. The van der Waals surface area contributed by atoms with Crippen LogP contribution in [0.2, 0.25) is 0 Å². The van der Waals surface area contributed by atoms with Crippen LogP contribution in [0, 0.1) is 11.8 Å². The maximum Gasteiger partial charge on any atom is 0.297 e. The highest BCUT2D eigenvalue weighted by atomic mass is 16.5. The fourth-order valence-corrected chi connectivity index (χ4v) is 2.62. The highest BCUT2D eigenvalue weighted by molar-refractivity contribution is 5.27. The zero-order valence-electron chi connectivity index (χ0n) is 12.9. The quantitative estimate of drug-likeness (QED) is 0.831. The zero-order valence-corrected chi connectivity index (χ0v) is 12.9. The number of piperidine rings is 1. The standard InChI is InChI=1S/C15H27N3O2/c1-12(2)7-16-8-14-11-20-15(17-14)18-6-4-5-13(9-18)10-19-3/h11-13,16H,4-10H2,1-3H3. The van der Waals surface area contributed by atoms with Gasteiger partial charge in [0.2, 0.25) is 0 Å². The third-order valence-corrected chi connectivity index (χ3v) is 3.59. The van der Waals surface area contributed by atoms with Gasteiger partial charge in [0.15, 0.2) is 0 Å². The molecule has 0 radical (unpaired) electrons. The number of oxazole rings is 1. The summed E-state index contributed by atoms with van der Waals surface area (Å²) in [7, 11) is 1.77. The van der Waals surface area contributed by atoms with E-state index in [4.69, 9.17) is 9.15 Å². The van der Waals surface area contributed by atoms with Crippen molar-refractivity contribution in [2.45, 2.75) is 33.2 Å². The first-order chi connectivity index (χ1) is 9.69. The first kappa shape index (κ1) is 15.3. The first-order valence-corrected chi connectivity index (χ1v) is 7.58. The predicted molar refractivity (Wildman–Crippen MR) is 79.9 cm³/mol. The largest absolute Gasteiger partial charge is 0.432 e. The molecular weight excluding hydrogens is 254 g/mol. The van der Waals surface area contributed by atoms with E-state index in [0.29, 0.717) is 11.8 Å². The molecule has 0 aliphatic carbocycles. The summed E-state index contributed by atoms with van der Waals surface area (Å²) >= 11 is 0. The molecule has 1 saturated heterocycles. The molecule has 0 saturated carbocycles. The molecule has 0 aromatic carbocycles. The molecule has 5 heteroatoms. The lowest BCUT2D eigenvalue weighted by Gasteiger charge is -2.31. The Balaban J connectivity index is 1.84. The fourth-order valence-electron chi connectivity index (χ4n) is 2.62. The number of rotatable bonds is 7. The Morgan fingerprint density at radius 1 is 1.55 bits per heavy atom. The third kappa shape index (κ3) is 4.49. The van der Waals surface area contributed by atoms with E-state index in [0.717, 1.165) is 44.5 Å². The van der Waals surface area contributed by atoms with Crippen molar-refractivity contribution in [3.05, 3.63) is 12.0 Å². The van der Waals surface area contributed by atoms with Crippen molar-refractivity contribution in [2.75, 3.05) is 38.3 Å². The Morgan fingerprint density at radius 3 is 3.15 bits per heavy atom. The minimum Gasteiger partial charge on any atom is -0.432 e. The summed E-state index contributed by atoms with van der Waals surface area (Å²) in [5.74, 6) is 1.24. The van der Waals surface area contributed by atoms with Crippen LogP contribution in [0.3, 0.4) is 0 Å². The minimum absolute atomic E-state index is 0.586. The average Bonchev–Trinajstić information content (AvgIpc) is 2.88. The molecule has 1 aliphatic heterocycles. The summed E-state index contributed by atoms with van der Waals surface area (Å²) in [5.41, 5.74) is 0.981. The normalized spacial score (nSPS) is 19.8. The van der Waals surface area contributed by atoms with Gasteiger partial charge >= 0.3 is 0 Å². The summed E-state index contributed by atoms with van der Waals surface area (Å²) in [6, 6.07) is 0.757. The molecule has 1 aromatic heterocycles. The van der Waals surface area contributed by atoms with Crippen LogP contribution < -0.4 is 10.2 Å². The Kier molecular flexibility index (Phi) is 5.86. The second-order valence-corrected chi connectivity index (χ2v) is 6.06. The molecule has 5 nitrogen and oxygen atoms in total. The van der Waals surface area contributed by atoms with Crippen molar-refractivity contribution in [1.29, 1.82) is 0 Å². The topological polar surface area (TPSA) is 50.5 Å². The van der Waals surface area contributed by atoms with Crippen LogP contribution in [0.15, 0.2) is 10.7 Å². The Bertz CT molecular complexity index is 390. The van der Waals surface area contributed by atoms with Crippen LogP contribution in [0.25, 0.3) is 0 Å². The third-order valence-electron chi connectivity index (χ3n) is 3.59. The number of nitrogens with zero attached hydrogens (tertiary/aromatic N) is 2. The van der Waals surface area contributed by atoms with Crippen LogP contribution in [0.4, 0.5) is 6.01 Å². The summed E-state index contributed by atoms with van der Waals surface area (Å²) in [5, 5.41) is 3.39. The van der Waals surface area contributed by atoms with Gasteiger partial charge in [-0.3, -0.25) is 0 Å². The predicted octanol–water partition coefficient (Wildman–Crippen LogP) is 2.28. The Labute approximate surface area is 121 Å². The van der Waals surface area contributed by atoms with Crippen molar-refractivity contribution >= 4 is 6.01 Å². The van der Waals surface area contributed by atoms with E-state index in [2.05, 4.69) is 29.0 Å². The van der Waals surface area contributed by atoms with Crippen LogP contribution in [0.5, 0.6) is 0 Å². The van der Waals surface area contributed by atoms with Gasteiger partial charge in [-0.25, -0.2) is 0 Å². The molecule has 0 bridgehead atoms. The van der Waals surface area contributed by atoms with Gasteiger partial charge in [0, 0.05) is 26.7 Å². The van der Waals surface area contributed by atoms with Crippen LogP contribution >= 0.6 is 0 Å². The molecule has 1 aliphatic rings. The Hall–Kier alpha value is -1.07. The molecule has 1 fully saturated rings. The van der Waals surface area contributed by atoms with Crippen molar-refractivity contribution in [2.24, 2.45) is 11.8 Å². The molecule has 1 atom stereocenters. The lowest BCUT2D eigenvalue weighted by Crippen LogP contribution is -2.37. The number of nitrogens with one attached hydrogen (secondary N) is 1. The van der Waals surface area contributed by atoms with Gasteiger partial charge in [-0.05, 0) is 31.2 Å². The van der Waals surface area contributed by atoms with E-state index in [-0.39, 0.29) is 0 Å². The fraction of sp³-hybridized carbons (Fsp3) is 0.800. The number of methoxy groups -OCH3 is 1. The van der Waals surface area contributed by atoms with Gasteiger partial charge in [0.1, 0.15) is 6.26 Å². The molecule has 0 amide bonds. The average molecular weight is 281 g/mol. The molecule has 1 N–H and O–H groups in total. The lowest BCUT2D eigenvalue weighted by molar-refractivity contribution is 0.142. The number of anilines is 1. The first-order valence-electron chi connectivity index (χ1n) is 7.58. The molecule has 1 unspecified atom stereocenters. The highest BCUT2D eigenvalue weighted by Gasteiger charge is 2.23. The molecular formula is C15H27N3O2. The molecule has 2 rings (SSSR count). The lowest BCUT2D eigenvalue weighted by atomic mass is 9.99. The maximum atomic E-state index is 5.62. The smallest absolute Gasteiger partial charge is 0.297 e. The molecule has 0 spiro atoms. The van der Waals surface area contributed by atoms with Crippen LogP contribution in [-0.4, -0.2) is 38.3 Å². The summed E-state index contributed by atoms with van der Waals surface area (Å²) in [4.78, 5) is 6.82. The Morgan fingerprint density at radius 2 is 2.40 bits per heavy atom. The molecule has 2 heterocycles. The van der Waals surface area contributed by atoms with Gasteiger partial charge in [-0.15, -0.1) is 0 Å². The van der Waals surface area contributed by atoms with E-state index in [9.17, 15) is 0 Å². The monoisotopic (exact) mass is 281 g/mol. The molecule has 1 aromatic rings. The van der Waals surface area contributed by atoms with E-state index in [1.54, 1.807) is 13.4 Å². The van der Waals surface area contributed by atoms with E-state index >= 15 is 0 Å². The van der Waals surface area contributed by atoms with Crippen molar-refractivity contribution < 1.29 is 9.15 Å². The number of hydrogen-bond acceptors (Lipinski definition) is 5. The highest BCUT2D eigenvalue weighted by Crippen LogP contribution is 2.22. The minimum atomic E-state index is 0.586. The molecule has 20 heavy (non-hydrogen) atoms. The van der Waals surface area contributed by atoms with Gasteiger partial charge in [-0.1, -0.05) is 13.8 Å². The van der Waals surface area contributed by atoms with Gasteiger partial charge in [0.05, 0.1) is 12.3 Å². The van der Waals surface area contributed by atoms with E-state index in [1.165, 1.54) is 12.8 Å². The molecule has 114 valence electrons. The van der Waals surface area contributed by atoms with Gasteiger partial charge in [-0.2, -0.15) is 4.98 Å². The van der Waals surface area contributed by atoms with Crippen LogP contribution in [0.1, 0.15) is 32.4 Å². The zero-order chi connectivity index (χ0) is 14.4. The summed E-state index contributed by atoms with van der Waals surface area (Å²) in [6.07, 6.45) is 4.17. The van der Waals surface area contributed by atoms with Crippen molar-refractivity contribution in [3.63, 3.8) is 0 Å². The maximum absolute atomic E-state index is 5.62. The van der Waals surface area contributed by atoms with E-state index < -0.39 is 0 Å². The van der Waals surface area contributed by atoms with E-state index in [1.807, 2.05) is 0 Å². The van der Waals surface area contributed by atoms with Crippen LogP contribution in [-0.2, 0) is 11.3 Å². The number of aromatic nitrogens is 1. The number of hydrogen-bond donors (Lipinski definition) is 1. The van der Waals surface area contributed by atoms with Crippen molar-refractivity contribution in [1.82, 2.24) is 10.3 Å². The summed E-state index contributed by atoms with van der Waals surface area (Å²) < 4.78 is 10.9.